The van der Waals surface area contributed by atoms with E-state index in [1.807, 2.05) is 27.7 Å². The van der Waals surface area contributed by atoms with Crippen molar-refractivity contribution >= 4 is 30.7 Å². The smallest absolute Gasteiger partial charge is 0.237 e. The Morgan fingerprint density at radius 2 is 1.50 bits per heavy atom. The lowest BCUT2D eigenvalue weighted by Crippen LogP contribution is -2.48. The summed E-state index contributed by atoms with van der Waals surface area (Å²) in [5.74, 6) is 0.576. The van der Waals surface area contributed by atoms with Crippen LogP contribution in [0.1, 0.15) is 40.5 Å². The van der Waals surface area contributed by atoms with Crippen molar-refractivity contribution in [3.63, 3.8) is 0 Å². The molecule has 7 heteroatoms. The average molecular weight is 332 g/mol. The average Bonchev–Trinajstić information content (AvgIpc) is 2.23. The van der Waals surface area contributed by atoms with Crippen LogP contribution in [0.25, 0.3) is 0 Å². The molecule has 5 nitrogen and oxygen atoms in total. The molecule has 1 amide bonds. The van der Waals surface area contributed by atoms with Crippen molar-refractivity contribution in [1.29, 1.82) is 0 Å². The van der Waals surface area contributed by atoms with Gasteiger partial charge in [-0.2, -0.15) is 0 Å². The number of aliphatic hydroxyl groups is 1. The fourth-order valence-corrected chi connectivity index (χ4v) is 1.80. The predicted molar refractivity (Wildman–Crippen MR) is 88.4 cm³/mol. The number of carbonyl (C=O) groups excluding carboxylic acids is 1. The standard InChI is InChI=1S/C13H29N3O2.2ClH/c1-8(2)5-10(14)12(17)7-16-13(18)11(15)6-9(3)4;;/h8-12,17H,5-7,14-15H2,1-4H3,(H,16,18);2*1H/t10-,11-,12+;;/m0../s1. The van der Waals surface area contributed by atoms with Crippen LogP contribution in [0.2, 0.25) is 0 Å². The molecule has 0 saturated heterocycles. The predicted octanol–water partition coefficient (Wildman–Crippen LogP) is 1.05. The molecule has 20 heavy (non-hydrogen) atoms. The molecule has 0 heterocycles. The van der Waals surface area contributed by atoms with E-state index in [4.69, 9.17) is 11.5 Å². The molecule has 0 saturated carbocycles. The molecule has 3 atom stereocenters. The normalized spacial score (nSPS) is 15.1. The molecule has 0 rings (SSSR count). The highest BCUT2D eigenvalue weighted by molar-refractivity contribution is 5.85. The molecule has 0 aliphatic heterocycles. The van der Waals surface area contributed by atoms with E-state index in [1.54, 1.807) is 0 Å². The van der Waals surface area contributed by atoms with E-state index >= 15 is 0 Å². The number of carbonyl (C=O) groups is 1. The minimum atomic E-state index is -0.720. The second-order valence-corrected chi connectivity index (χ2v) is 5.84. The van der Waals surface area contributed by atoms with Crippen molar-refractivity contribution in [1.82, 2.24) is 5.32 Å². The van der Waals surface area contributed by atoms with Crippen molar-refractivity contribution in [3.8, 4) is 0 Å². The van der Waals surface area contributed by atoms with Gasteiger partial charge in [0.2, 0.25) is 5.91 Å². The molecule has 0 aromatic carbocycles. The molecule has 0 spiro atoms. The summed E-state index contributed by atoms with van der Waals surface area (Å²) < 4.78 is 0. The first-order valence-corrected chi connectivity index (χ1v) is 6.71. The molecule has 0 radical (unpaired) electrons. The molecular weight excluding hydrogens is 301 g/mol. The summed E-state index contributed by atoms with van der Waals surface area (Å²) >= 11 is 0. The van der Waals surface area contributed by atoms with Crippen LogP contribution in [0.15, 0.2) is 0 Å². The van der Waals surface area contributed by atoms with Gasteiger partial charge in [-0.15, -0.1) is 24.8 Å². The van der Waals surface area contributed by atoms with Crippen molar-refractivity contribution in [3.05, 3.63) is 0 Å². The molecule has 0 aliphatic carbocycles. The van der Waals surface area contributed by atoms with Gasteiger partial charge >= 0.3 is 0 Å². The largest absolute Gasteiger partial charge is 0.390 e. The second-order valence-electron chi connectivity index (χ2n) is 5.84. The van der Waals surface area contributed by atoms with Gasteiger partial charge in [0.05, 0.1) is 12.1 Å². The maximum Gasteiger partial charge on any atom is 0.237 e. The number of nitrogens with two attached hydrogens (primary N) is 2. The van der Waals surface area contributed by atoms with Gasteiger partial charge in [0.15, 0.2) is 0 Å². The van der Waals surface area contributed by atoms with E-state index in [0.717, 1.165) is 6.42 Å². The van der Waals surface area contributed by atoms with Crippen molar-refractivity contribution in [2.75, 3.05) is 6.54 Å². The summed E-state index contributed by atoms with van der Waals surface area (Å²) in [4.78, 5) is 11.6. The van der Waals surface area contributed by atoms with Crippen LogP contribution in [-0.4, -0.2) is 35.7 Å². The second kappa shape index (κ2) is 12.7. The maximum absolute atomic E-state index is 11.6. The number of nitrogens with one attached hydrogen (secondary N) is 1. The first-order chi connectivity index (χ1) is 8.23. The summed E-state index contributed by atoms with van der Waals surface area (Å²) in [7, 11) is 0. The monoisotopic (exact) mass is 331 g/mol. The Labute approximate surface area is 135 Å². The molecule has 0 bridgehead atoms. The Balaban J connectivity index is -0.00000144. The summed E-state index contributed by atoms with van der Waals surface area (Å²) in [5, 5.41) is 12.4. The van der Waals surface area contributed by atoms with Crippen molar-refractivity contribution < 1.29 is 9.90 Å². The third-order valence-electron chi connectivity index (χ3n) is 2.79. The minimum absolute atomic E-state index is 0. The summed E-state index contributed by atoms with van der Waals surface area (Å²) in [6.45, 7) is 8.28. The Hall–Kier alpha value is -0.0700. The number of aliphatic hydroxyl groups excluding tert-OH is 1. The van der Waals surface area contributed by atoms with Gasteiger partial charge in [-0.05, 0) is 24.7 Å². The zero-order chi connectivity index (χ0) is 14.3. The zero-order valence-electron chi connectivity index (χ0n) is 12.8. The van der Waals surface area contributed by atoms with E-state index < -0.39 is 12.1 Å². The highest BCUT2D eigenvalue weighted by atomic mass is 35.5. The van der Waals surface area contributed by atoms with Gasteiger partial charge in [-0.3, -0.25) is 4.79 Å². The molecule has 0 aromatic heterocycles. The highest BCUT2D eigenvalue weighted by Gasteiger charge is 2.19. The lowest BCUT2D eigenvalue weighted by Gasteiger charge is -2.22. The van der Waals surface area contributed by atoms with Gasteiger partial charge in [-0.1, -0.05) is 27.7 Å². The van der Waals surface area contributed by atoms with E-state index in [0.29, 0.717) is 18.3 Å². The van der Waals surface area contributed by atoms with Crippen LogP contribution in [-0.2, 0) is 4.79 Å². The van der Waals surface area contributed by atoms with E-state index in [2.05, 4.69) is 5.32 Å². The molecule has 0 aromatic rings. The molecular formula is C13H31Cl2N3O2. The number of hydrogen-bond donors (Lipinski definition) is 4. The van der Waals surface area contributed by atoms with Crippen LogP contribution in [0.3, 0.4) is 0 Å². The van der Waals surface area contributed by atoms with Crippen LogP contribution < -0.4 is 16.8 Å². The minimum Gasteiger partial charge on any atom is -0.390 e. The molecule has 124 valence electrons. The van der Waals surface area contributed by atoms with E-state index in [9.17, 15) is 9.90 Å². The first-order valence-electron chi connectivity index (χ1n) is 6.71. The van der Waals surface area contributed by atoms with Gasteiger partial charge < -0.3 is 21.9 Å². The van der Waals surface area contributed by atoms with Gasteiger partial charge in [0.1, 0.15) is 0 Å². The summed E-state index contributed by atoms with van der Waals surface area (Å²) in [5.41, 5.74) is 11.6. The molecule has 0 fully saturated rings. The van der Waals surface area contributed by atoms with Crippen LogP contribution in [0.4, 0.5) is 0 Å². The Kier molecular flexibility index (Phi) is 15.8. The van der Waals surface area contributed by atoms with Crippen LogP contribution in [0, 0.1) is 11.8 Å². The zero-order valence-corrected chi connectivity index (χ0v) is 14.5. The van der Waals surface area contributed by atoms with Gasteiger partial charge in [-0.25, -0.2) is 0 Å². The Bertz CT molecular complexity index is 254. The molecule has 0 aliphatic rings. The lowest BCUT2D eigenvalue weighted by atomic mass is 9.99. The maximum atomic E-state index is 11.6. The fraction of sp³-hybridized carbons (Fsp3) is 0.923. The number of amides is 1. The Morgan fingerprint density at radius 3 is 1.90 bits per heavy atom. The third-order valence-corrected chi connectivity index (χ3v) is 2.79. The fourth-order valence-electron chi connectivity index (χ4n) is 1.80. The van der Waals surface area contributed by atoms with Crippen molar-refractivity contribution in [2.45, 2.75) is 58.7 Å². The Morgan fingerprint density at radius 1 is 1.05 bits per heavy atom. The van der Waals surface area contributed by atoms with Crippen LogP contribution >= 0.6 is 24.8 Å². The SMILES string of the molecule is CC(C)C[C@H](N)C(=O)NC[C@@H](O)[C@@H](N)CC(C)C.Cl.Cl. The summed E-state index contributed by atoms with van der Waals surface area (Å²) in [6.07, 6.45) is 0.650. The van der Waals surface area contributed by atoms with E-state index in [1.165, 1.54) is 0 Å². The van der Waals surface area contributed by atoms with Gasteiger partial charge in [0, 0.05) is 12.6 Å². The number of halogens is 2. The van der Waals surface area contributed by atoms with Gasteiger partial charge in [0.25, 0.3) is 0 Å². The van der Waals surface area contributed by atoms with Crippen LogP contribution in [0.5, 0.6) is 0 Å². The third kappa shape index (κ3) is 11.7. The van der Waals surface area contributed by atoms with E-state index in [-0.39, 0.29) is 43.3 Å². The molecule has 0 unspecified atom stereocenters. The molecule has 6 N–H and O–H groups in total. The lowest BCUT2D eigenvalue weighted by molar-refractivity contribution is -0.123. The highest BCUT2D eigenvalue weighted by Crippen LogP contribution is 2.06. The number of hydrogen-bond acceptors (Lipinski definition) is 4. The quantitative estimate of drug-likeness (QED) is 0.534. The number of rotatable bonds is 8. The summed E-state index contributed by atoms with van der Waals surface area (Å²) in [6, 6.07) is -0.829. The topological polar surface area (TPSA) is 101 Å². The van der Waals surface area contributed by atoms with Crippen molar-refractivity contribution in [2.24, 2.45) is 23.3 Å². The first kappa shape index (κ1) is 24.9.